The molecule has 7 heteroatoms. The van der Waals surface area contributed by atoms with Crippen molar-refractivity contribution in [2.75, 3.05) is 7.05 Å². The summed E-state index contributed by atoms with van der Waals surface area (Å²) in [6.45, 7) is 4.09. The summed E-state index contributed by atoms with van der Waals surface area (Å²) < 4.78 is 10.7. The second kappa shape index (κ2) is 7.57. The van der Waals surface area contributed by atoms with Crippen molar-refractivity contribution in [1.29, 1.82) is 0 Å². The lowest BCUT2D eigenvalue weighted by Crippen LogP contribution is -2.26. The maximum absolute atomic E-state index is 12.8. The average Bonchev–Trinajstić information content (AvgIpc) is 3.20. The molecule has 0 fully saturated rings. The fraction of sp³-hybridized carbons (Fsp3) is 0.278. The molecule has 2 aromatic heterocycles. The van der Waals surface area contributed by atoms with Crippen LogP contribution < -0.4 is 0 Å². The fourth-order valence-electron chi connectivity index (χ4n) is 2.39. The molecule has 0 bridgehead atoms. The van der Waals surface area contributed by atoms with E-state index in [0.717, 1.165) is 16.4 Å². The Bertz CT molecular complexity index is 872. The smallest absolute Gasteiger partial charge is 0.255 e. The number of furan rings is 1. The number of benzene rings is 1. The van der Waals surface area contributed by atoms with E-state index in [-0.39, 0.29) is 5.91 Å². The molecule has 1 amide bonds. The van der Waals surface area contributed by atoms with Crippen LogP contribution in [-0.4, -0.2) is 28.0 Å². The van der Waals surface area contributed by atoms with E-state index in [9.17, 15) is 4.79 Å². The van der Waals surface area contributed by atoms with Crippen molar-refractivity contribution in [3.05, 3.63) is 65.2 Å². The van der Waals surface area contributed by atoms with Gasteiger partial charge in [0.25, 0.3) is 5.91 Å². The highest BCUT2D eigenvalue weighted by Gasteiger charge is 2.17. The third-order valence-electron chi connectivity index (χ3n) is 3.57. The lowest BCUT2D eigenvalue weighted by atomic mass is 10.2. The monoisotopic (exact) mass is 357 g/mol. The highest BCUT2D eigenvalue weighted by Crippen LogP contribution is 2.27. The van der Waals surface area contributed by atoms with E-state index < -0.39 is 0 Å². The molecule has 0 radical (unpaired) electrons. The van der Waals surface area contributed by atoms with Crippen LogP contribution >= 0.6 is 11.8 Å². The van der Waals surface area contributed by atoms with Gasteiger partial charge in [0.1, 0.15) is 11.5 Å². The summed E-state index contributed by atoms with van der Waals surface area (Å²) in [6.07, 6.45) is 0. The van der Waals surface area contributed by atoms with Crippen LogP contribution in [0.25, 0.3) is 0 Å². The number of aromatic nitrogens is 2. The Kier molecular flexibility index (Phi) is 5.23. The topological polar surface area (TPSA) is 72.4 Å². The summed E-state index contributed by atoms with van der Waals surface area (Å²) in [4.78, 5) is 19.5. The number of aryl methyl sites for hydroxylation is 2. The zero-order chi connectivity index (χ0) is 17.8. The molecule has 3 aromatic rings. The van der Waals surface area contributed by atoms with Crippen molar-refractivity contribution in [3.63, 3.8) is 0 Å². The molecule has 0 unspecified atom stereocenters. The molecule has 0 N–H and O–H groups in total. The van der Waals surface area contributed by atoms with E-state index >= 15 is 0 Å². The van der Waals surface area contributed by atoms with Crippen molar-refractivity contribution >= 4 is 17.7 Å². The molecule has 0 aliphatic heterocycles. The Morgan fingerprint density at radius 3 is 2.68 bits per heavy atom. The van der Waals surface area contributed by atoms with Gasteiger partial charge in [-0.2, -0.15) is 4.98 Å². The maximum Gasteiger partial charge on any atom is 0.255 e. The van der Waals surface area contributed by atoms with Crippen molar-refractivity contribution in [2.24, 2.45) is 0 Å². The molecular weight excluding hydrogens is 338 g/mol. The third kappa shape index (κ3) is 4.30. The molecule has 0 spiro atoms. The quantitative estimate of drug-likeness (QED) is 0.624. The number of hydrogen-bond donors (Lipinski definition) is 0. The number of nitrogens with zero attached hydrogens (tertiary/aromatic N) is 3. The normalized spacial score (nSPS) is 10.8. The number of amides is 1. The highest BCUT2D eigenvalue weighted by molar-refractivity contribution is 7.98. The standard InChI is InChI=1S/C18H19N3O3S/c1-12-8-9-14(23-12)10-21(3)18(22)15-6-4-5-7-16(15)25-11-17-19-13(2)20-24-17/h4-9H,10-11H2,1-3H3. The summed E-state index contributed by atoms with van der Waals surface area (Å²) in [6, 6.07) is 11.3. The zero-order valence-corrected chi connectivity index (χ0v) is 15.2. The van der Waals surface area contributed by atoms with Crippen LogP contribution in [0.1, 0.15) is 33.6 Å². The molecule has 0 aliphatic carbocycles. The number of hydrogen-bond acceptors (Lipinski definition) is 6. The molecular formula is C18H19N3O3S. The van der Waals surface area contributed by atoms with Gasteiger partial charge in [0.15, 0.2) is 5.82 Å². The Morgan fingerprint density at radius 1 is 1.20 bits per heavy atom. The van der Waals surface area contributed by atoms with Crippen LogP contribution in [0.5, 0.6) is 0 Å². The second-order valence-electron chi connectivity index (χ2n) is 5.69. The third-order valence-corrected chi connectivity index (χ3v) is 4.63. The minimum absolute atomic E-state index is 0.0566. The molecule has 6 nitrogen and oxygen atoms in total. The van der Waals surface area contributed by atoms with Crippen LogP contribution in [0.4, 0.5) is 0 Å². The van der Waals surface area contributed by atoms with Crippen molar-refractivity contribution in [2.45, 2.75) is 31.0 Å². The molecule has 1 aromatic carbocycles. The van der Waals surface area contributed by atoms with E-state index in [1.54, 1.807) is 18.9 Å². The Balaban J connectivity index is 1.71. The molecule has 3 rings (SSSR count). The van der Waals surface area contributed by atoms with Gasteiger partial charge in [0.05, 0.1) is 17.9 Å². The summed E-state index contributed by atoms with van der Waals surface area (Å²) in [5, 5.41) is 3.78. The Morgan fingerprint density at radius 2 is 2.00 bits per heavy atom. The first kappa shape index (κ1) is 17.3. The molecule has 0 atom stereocenters. The number of thioether (sulfide) groups is 1. The molecule has 2 heterocycles. The molecule has 130 valence electrons. The van der Waals surface area contributed by atoms with E-state index in [0.29, 0.717) is 29.6 Å². The van der Waals surface area contributed by atoms with Crippen molar-refractivity contribution in [1.82, 2.24) is 15.0 Å². The van der Waals surface area contributed by atoms with Gasteiger partial charge >= 0.3 is 0 Å². The van der Waals surface area contributed by atoms with E-state index in [2.05, 4.69) is 10.1 Å². The minimum atomic E-state index is -0.0566. The van der Waals surface area contributed by atoms with Gasteiger partial charge in [-0.05, 0) is 38.1 Å². The van der Waals surface area contributed by atoms with E-state index in [1.807, 2.05) is 43.3 Å². The first-order chi connectivity index (χ1) is 12.0. The zero-order valence-electron chi connectivity index (χ0n) is 14.4. The lowest BCUT2D eigenvalue weighted by Gasteiger charge is -2.17. The van der Waals surface area contributed by atoms with Gasteiger partial charge < -0.3 is 13.8 Å². The molecule has 0 saturated carbocycles. The molecule has 0 saturated heterocycles. The Hall–Kier alpha value is -2.54. The first-order valence-corrected chi connectivity index (χ1v) is 8.83. The van der Waals surface area contributed by atoms with Gasteiger partial charge in [-0.3, -0.25) is 4.79 Å². The van der Waals surface area contributed by atoms with Gasteiger partial charge in [-0.1, -0.05) is 17.3 Å². The van der Waals surface area contributed by atoms with Gasteiger partial charge in [-0.25, -0.2) is 0 Å². The predicted molar refractivity (Wildman–Crippen MR) is 94.3 cm³/mol. The summed E-state index contributed by atoms with van der Waals surface area (Å²) >= 11 is 1.50. The van der Waals surface area contributed by atoms with Gasteiger partial charge in [0, 0.05) is 11.9 Å². The number of rotatable bonds is 6. The van der Waals surface area contributed by atoms with E-state index in [1.165, 1.54) is 11.8 Å². The fourth-order valence-corrected chi connectivity index (χ4v) is 3.27. The van der Waals surface area contributed by atoms with Crippen LogP contribution in [-0.2, 0) is 12.3 Å². The highest BCUT2D eigenvalue weighted by atomic mass is 32.2. The maximum atomic E-state index is 12.8. The largest absolute Gasteiger partial charge is 0.464 e. The molecule has 25 heavy (non-hydrogen) atoms. The lowest BCUT2D eigenvalue weighted by molar-refractivity contribution is 0.0771. The van der Waals surface area contributed by atoms with Crippen LogP contribution in [0.2, 0.25) is 0 Å². The molecule has 0 aliphatic rings. The average molecular weight is 357 g/mol. The Labute approximate surface area is 150 Å². The van der Waals surface area contributed by atoms with Crippen molar-refractivity contribution < 1.29 is 13.7 Å². The van der Waals surface area contributed by atoms with Gasteiger partial charge in [0.2, 0.25) is 5.89 Å². The van der Waals surface area contributed by atoms with Gasteiger partial charge in [-0.15, -0.1) is 11.8 Å². The predicted octanol–water partition coefficient (Wildman–Crippen LogP) is 3.84. The van der Waals surface area contributed by atoms with Crippen LogP contribution in [0.3, 0.4) is 0 Å². The summed E-state index contributed by atoms with van der Waals surface area (Å²) in [7, 11) is 1.77. The van der Waals surface area contributed by atoms with Crippen LogP contribution in [0.15, 0.2) is 50.2 Å². The number of carbonyl (C=O) groups excluding carboxylic acids is 1. The van der Waals surface area contributed by atoms with Crippen LogP contribution in [0, 0.1) is 13.8 Å². The van der Waals surface area contributed by atoms with E-state index in [4.69, 9.17) is 8.94 Å². The minimum Gasteiger partial charge on any atom is -0.464 e. The van der Waals surface area contributed by atoms with Crippen molar-refractivity contribution in [3.8, 4) is 0 Å². The number of carbonyl (C=O) groups is 1. The summed E-state index contributed by atoms with van der Waals surface area (Å²) in [5.41, 5.74) is 0.648. The summed E-state index contributed by atoms with van der Waals surface area (Å²) in [5.74, 6) is 3.21. The second-order valence-corrected chi connectivity index (χ2v) is 6.71. The SMILES string of the molecule is Cc1noc(CSc2ccccc2C(=O)N(C)Cc2ccc(C)o2)n1. The first-order valence-electron chi connectivity index (χ1n) is 7.84.